The molecular weight excluding hydrogens is 388 g/mol. The molecule has 152 valence electrons. The van der Waals surface area contributed by atoms with E-state index in [4.69, 9.17) is 5.11 Å². The Morgan fingerprint density at radius 1 is 1.36 bits per heavy atom. The number of rotatable bonds is 8. The maximum absolute atomic E-state index is 13.3. The van der Waals surface area contributed by atoms with Crippen LogP contribution < -0.4 is 5.32 Å². The molecule has 1 heterocycles. The summed E-state index contributed by atoms with van der Waals surface area (Å²) in [6, 6.07) is 4.41. The van der Waals surface area contributed by atoms with Gasteiger partial charge >= 0.3 is 6.09 Å². The first-order valence-corrected chi connectivity index (χ1v) is 10.2. The third-order valence-electron chi connectivity index (χ3n) is 4.17. The number of aromatic nitrogens is 2. The van der Waals surface area contributed by atoms with Crippen LogP contribution in [-0.2, 0) is 29.2 Å². The van der Waals surface area contributed by atoms with Crippen molar-refractivity contribution in [2.24, 2.45) is 0 Å². The minimum absolute atomic E-state index is 0.0283. The third kappa shape index (κ3) is 4.30. The Labute approximate surface area is 162 Å². The van der Waals surface area contributed by atoms with Gasteiger partial charge in [0.2, 0.25) is 9.84 Å². The molecule has 28 heavy (non-hydrogen) atoms. The van der Waals surface area contributed by atoms with Gasteiger partial charge in [-0.05, 0) is 25.8 Å². The molecule has 0 spiro atoms. The number of sulfone groups is 1. The van der Waals surface area contributed by atoms with Gasteiger partial charge in [0.05, 0.1) is 27.8 Å². The lowest BCUT2D eigenvalue weighted by atomic mass is 10.2. The Kier molecular flexibility index (Phi) is 6.39. The van der Waals surface area contributed by atoms with Gasteiger partial charge in [-0.2, -0.15) is 5.10 Å². The zero-order valence-electron chi connectivity index (χ0n) is 15.7. The molecule has 0 aliphatic rings. The second-order valence-corrected chi connectivity index (χ2v) is 8.11. The van der Waals surface area contributed by atoms with E-state index in [1.807, 2.05) is 0 Å². The predicted octanol–water partition coefficient (Wildman–Crippen LogP) is 2.41. The minimum Gasteiger partial charge on any atom is -0.465 e. The molecule has 0 saturated heterocycles. The normalized spacial score (nSPS) is 12.5. The number of nitrogens with one attached hydrogen (secondary N) is 1. The van der Waals surface area contributed by atoms with Crippen LogP contribution in [0.15, 0.2) is 34.1 Å². The van der Waals surface area contributed by atoms with Crippen molar-refractivity contribution in [1.29, 1.82) is 0 Å². The summed E-state index contributed by atoms with van der Waals surface area (Å²) in [5.41, 5.74) is 0.456. The number of carbonyl (C=O) groups is 1. The molecule has 0 aliphatic heterocycles. The second-order valence-electron chi connectivity index (χ2n) is 6.22. The van der Waals surface area contributed by atoms with E-state index in [-0.39, 0.29) is 22.0 Å². The number of nitro groups is 1. The molecule has 1 aromatic heterocycles. The van der Waals surface area contributed by atoms with E-state index in [0.717, 1.165) is 6.07 Å². The van der Waals surface area contributed by atoms with Crippen LogP contribution in [-0.4, -0.2) is 40.4 Å². The van der Waals surface area contributed by atoms with Crippen molar-refractivity contribution in [2.75, 3.05) is 0 Å². The monoisotopic (exact) mass is 410 g/mol. The number of benzene rings is 1. The SMILES string of the molecule is CCc1nn(C[C@H](C)NC(=O)O)c(CC)c1S(=O)(=O)c1cccc([N+](=O)[O-])c1. The van der Waals surface area contributed by atoms with Crippen LogP contribution in [0.3, 0.4) is 0 Å². The first-order chi connectivity index (χ1) is 13.1. The first-order valence-electron chi connectivity index (χ1n) is 8.69. The molecule has 10 nitrogen and oxygen atoms in total. The number of aryl methyl sites for hydroxylation is 1. The lowest BCUT2D eigenvalue weighted by Crippen LogP contribution is -2.35. The molecule has 0 aliphatic carbocycles. The standard InChI is InChI=1S/C17H22N4O6S/c1-4-14-16(15(5-2)20(19-14)10-11(3)18-17(22)23)28(26,27)13-8-6-7-12(9-13)21(24)25/h6-9,11,18H,4-5,10H2,1-3H3,(H,22,23)/t11-/m0/s1. The highest BCUT2D eigenvalue weighted by atomic mass is 32.2. The third-order valence-corrected chi connectivity index (χ3v) is 6.05. The molecule has 1 atom stereocenters. The Bertz CT molecular complexity index is 999. The van der Waals surface area contributed by atoms with E-state index in [2.05, 4.69) is 10.4 Å². The quantitative estimate of drug-likeness (QED) is 0.502. The van der Waals surface area contributed by atoms with E-state index in [0.29, 0.717) is 24.2 Å². The van der Waals surface area contributed by atoms with Crippen LogP contribution in [0.25, 0.3) is 0 Å². The van der Waals surface area contributed by atoms with Gasteiger partial charge in [0.15, 0.2) is 0 Å². The van der Waals surface area contributed by atoms with Crippen molar-refractivity contribution in [3.05, 3.63) is 45.8 Å². The molecule has 0 radical (unpaired) electrons. The molecule has 1 aromatic carbocycles. The molecule has 0 unspecified atom stereocenters. The number of carboxylic acid groups (broad SMARTS) is 1. The summed E-state index contributed by atoms with van der Waals surface area (Å²) in [5, 5.41) is 26.5. The smallest absolute Gasteiger partial charge is 0.404 e. The Balaban J connectivity index is 2.58. The molecule has 1 amide bonds. The molecular formula is C17H22N4O6S. The number of nitro benzene ring substituents is 1. The summed E-state index contributed by atoms with van der Waals surface area (Å²) in [6.07, 6.45) is -0.501. The molecule has 11 heteroatoms. The van der Waals surface area contributed by atoms with E-state index in [9.17, 15) is 23.3 Å². The number of non-ortho nitro benzene ring substituents is 1. The van der Waals surface area contributed by atoms with Gasteiger partial charge in [-0.3, -0.25) is 14.8 Å². The lowest BCUT2D eigenvalue weighted by Gasteiger charge is -2.14. The number of amides is 1. The Hall–Kier alpha value is -2.95. The molecule has 2 N–H and O–H groups in total. The first kappa shape index (κ1) is 21.4. The maximum Gasteiger partial charge on any atom is 0.404 e. The van der Waals surface area contributed by atoms with Gasteiger partial charge in [0, 0.05) is 18.2 Å². The summed E-state index contributed by atoms with van der Waals surface area (Å²) in [6.45, 7) is 5.34. The van der Waals surface area contributed by atoms with Crippen molar-refractivity contribution in [3.8, 4) is 0 Å². The predicted molar refractivity (Wildman–Crippen MR) is 100 cm³/mol. The van der Waals surface area contributed by atoms with Gasteiger partial charge in [-0.1, -0.05) is 19.9 Å². The Morgan fingerprint density at radius 3 is 2.57 bits per heavy atom. The van der Waals surface area contributed by atoms with E-state index >= 15 is 0 Å². The van der Waals surface area contributed by atoms with Crippen LogP contribution in [0.2, 0.25) is 0 Å². The average Bonchev–Trinajstić information content (AvgIpc) is 2.99. The summed E-state index contributed by atoms with van der Waals surface area (Å²) < 4.78 is 28.0. The summed E-state index contributed by atoms with van der Waals surface area (Å²) >= 11 is 0. The second kappa shape index (κ2) is 8.38. The Morgan fingerprint density at radius 2 is 2.04 bits per heavy atom. The lowest BCUT2D eigenvalue weighted by molar-refractivity contribution is -0.385. The molecule has 2 aromatic rings. The van der Waals surface area contributed by atoms with E-state index in [1.165, 1.54) is 22.9 Å². The maximum atomic E-state index is 13.3. The van der Waals surface area contributed by atoms with Gasteiger partial charge in [0.25, 0.3) is 5.69 Å². The number of hydrogen-bond acceptors (Lipinski definition) is 6. The van der Waals surface area contributed by atoms with Crippen LogP contribution in [0.4, 0.5) is 10.5 Å². The van der Waals surface area contributed by atoms with Crippen molar-refractivity contribution in [3.63, 3.8) is 0 Å². The average molecular weight is 410 g/mol. The van der Waals surface area contributed by atoms with Crippen molar-refractivity contribution in [2.45, 2.75) is 56.0 Å². The summed E-state index contributed by atoms with van der Waals surface area (Å²) in [7, 11) is -4.04. The van der Waals surface area contributed by atoms with Crippen molar-refractivity contribution >= 4 is 21.6 Å². The number of hydrogen-bond donors (Lipinski definition) is 2. The zero-order chi connectivity index (χ0) is 21.1. The topological polar surface area (TPSA) is 144 Å². The highest BCUT2D eigenvalue weighted by Gasteiger charge is 2.30. The highest BCUT2D eigenvalue weighted by Crippen LogP contribution is 2.30. The fourth-order valence-corrected chi connectivity index (χ4v) is 4.79. The van der Waals surface area contributed by atoms with Gasteiger partial charge in [-0.15, -0.1) is 0 Å². The van der Waals surface area contributed by atoms with Crippen LogP contribution >= 0.6 is 0 Å². The molecule has 2 rings (SSSR count). The van der Waals surface area contributed by atoms with Gasteiger partial charge in [-0.25, -0.2) is 13.2 Å². The zero-order valence-corrected chi connectivity index (χ0v) is 16.6. The summed E-state index contributed by atoms with van der Waals surface area (Å²) in [4.78, 5) is 21.0. The number of nitrogens with zero attached hydrogens (tertiary/aromatic N) is 3. The van der Waals surface area contributed by atoms with Crippen LogP contribution in [0, 0.1) is 10.1 Å². The van der Waals surface area contributed by atoms with Gasteiger partial charge < -0.3 is 10.4 Å². The van der Waals surface area contributed by atoms with Crippen molar-refractivity contribution in [1.82, 2.24) is 15.1 Å². The fraction of sp³-hybridized carbons (Fsp3) is 0.412. The van der Waals surface area contributed by atoms with Crippen LogP contribution in [0.1, 0.15) is 32.2 Å². The largest absolute Gasteiger partial charge is 0.465 e. The minimum atomic E-state index is -4.04. The van der Waals surface area contributed by atoms with E-state index in [1.54, 1.807) is 20.8 Å². The van der Waals surface area contributed by atoms with Crippen LogP contribution in [0.5, 0.6) is 0 Å². The molecule has 0 bridgehead atoms. The summed E-state index contributed by atoms with van der Waals surface area (Å²) in [5.74, 6) is 0. The molecule has 0 fully saturated rings. The fourth-order valence-electron chi connectivity index (χ4n) is 2.97. The molecule has 0 saturated carbocycles. The highest BCUT2D eigenvalue weighted by molar-refractivity contribution is 7.91. The van der Waals surface area contributed by atoms with Crippen molar-refractivity contribution < 1.29 is 23.2 Å². The van der Waals surface area contributed by atoms with E-state index < -0.39 is 26.9 Å². The van der Waals surface area contributed by atoms with Gasteiger partial charge in [0.1, 0.15) is 4.90 Å².